The summed E-state index contributed by atoms with van der Waals surface area (Å²) in [7, 11) is 0. The van der Waals surface area contributed by atoms with Crippen LogP contribution in [0.5, 0.6) is 0 Å². The Morgan fingerprint density at radius 3 is 2.93 bits per heavy atom. The van der Waals surface area contributed by atoms with Crippen molar-refractivity contribution in [2.45, 2.75) is 45.1 Å². The molecule has 0 saturated heterocycles. The fraction of sp³-hybridized carbons (Fsp3) is 0.583. The first-order valence-electron chi connectivity index (χ1n) is 5.41. The molecule has 1 atom stereocenters. The third-order valence-electron chi connectivity index (χ3n) is 2.92. The van der Waals surface area contributed by atoms with Crippen LogP contribution in [0.1, 0.15) is 43.1 Å². The van der Waals surface area contributed by atoms with Crippen molar-refractivity contribution in [2.75, 3.05) is 0 Å². The summed E-state index contributed by atoms with van der Waals surface area (Å²) in [6.45, 7) is 4.37. The van der Waals surface area contributed by atoms with Crippen molar-refractivity contribution in [3.8, 4) is 0 Å². The Labute approximate surface area is 85.5 Å². The minimum Gasteiger partial charge on any atom is -0.327 e. The van der Waals surface area contributed by atoms with Crippen LogP contribution in [0.4, 0.5) is 0 Å². The molecule has 1 aliphatic carbocycles. The van der Waals surface area contributed by atoms with Crippen molar-refractivity contribution < 1.29 is 0 Å². The van der Waals surface area contributed by atoms with Crippen LogP contribution < -0.4 is 5.73 Å². The van der Waals surface area contributed by atoms with E-state index in [-0.39, 0.29) is 0 Å². The van der Waals surface area contributed by atoms with E-state index in [2.05, 4.69) is 26.0 Å². The highest BCUT2D eigenvalue weighted by molar-refractivity contribution is 5.27. The zero-order valence-corrected chi connectivity index (χ0v) is 8.96. The second-order valence-corrected chi connectivity index (χ2v) is 4.50. The van der Waals surface area contributed by atoms with Gasteiger partial charge in [-0.15, -0.1) is 0 Å². The molecule has 0 aliphatic heterocycles. The summed E-state index contributed by atoms with van der Waals surface area (Å²) in [4.78, 5) is 4.69. The molecular weight excluding hydrogens is 172 g/mol. The van der Waals surface area contributed by atoms with E-state index in [9.17, 15) is 0 Å². The molecule has 2 rings (SSSR count). The largest absolute Gasteiger partial charge is 0.327 e. The zero-order chi connectivity index (χ0) is 10.1. The Balaban J connectivity index is 2.31. The summed E-state index contributed by atoms with van der Waals surface area (Å²) in [5.74, 6) is 0.524. The summed E-state index contributed by atoms with van der Waals surface area (Å²) in [5, 5.41) is 0. The van der Waals surface area contributed by atoms with E-state index >= 15 is 0 Å². The van der Waals surface area contributed by atoms with Crippen LogP contribution in [-0.2, 0) is 12.8 Å². The molecule has 0 radical (unpaired) electrons. The number of aromatic nitrogens is 1. The molecule has 1 unspecified atom stereocenters. The van der Waals surface area contributed by atoms with Crippen LogP contribution in [0.15, 0.2) is 12.1 Å². The van der Waals surface area contributed by atoms with E-state index in [1.54, 1.807) is 0 Å². The number of nitrogens with two attached hydrogens (primary N) is 1. The van der Waals surface area contributed by atoms with Crippen molar-refractivity contribution in [3.63, 3.8) is 0 Å². The average Bonchev–Trinajstić information content (AvgIpc) is 2.16. The van der Waals surface area contributed by atoms with E-state index in [1.165, 1.54) is 17.0 Å². The Morgan fingerprint density at radius 2 is 2.21 bits per heavy atom. The first-order chi connectivity index (χ1) is 6.66. The lowest BCUT2D eigenvalue weighted by Gasteiger charge is -2.21. The fourth-order valence-corrected chi connectivity index (χ4v) is 1.98. The highest BCUT2D eigenvalue weighted by Gasteiger charge is 2.17. The molecule has 1 aliphatic rings. The first-order valence-corrected chi connectivity index (χ1v) is 5.41. The minimum atomic E-state index is 0.342. The highest BCUT2D eigenvalue weighted by atomic mass is 14.7. The normalized spacial score (nSPS) is 21.0. The number of pyridine rings is 1. The summed E-state index contributed by atoms with van der Waals surface area (Å²) in [6.07, 6.45) is 3.14. The van der Waals surface area contributed by atoms with E-state index in [4.69, 9.17) is 10.7 Å². The van der Waals surface area contributed by atoms with Gasteiger partial charge in [-0.2, -0.15) is 0 Å². The number of hydrogen-bond donors (Lipinski definition) is 1. The molecule has 0 bridgehead atoms. The molecule has 0 spiro atoms. The van der Waals surface area contributed by atoms with Gasteiger partial charge in [0, 0.05) is 17.4 Å². The van der Waals surface area contributed by atoms with Gasteiger partial charge in [-0.3, -0.25) is 4.98 Å². The molecule has 2 nitrogen and oxygen atoms in total. The monoisotopic (exact) mass is 190 g/mol. The van der Waals surface area contributed by atoms with Crippen molar-refractivity contribution in [3.05, 3.63) is 29.1 Å². The van der Waals surface area contributed by atoms with Crippen LogP contribution in [-0.4, -0.2) is 11.0 Å². The Bertz CT molecular complexity index is 331. The molecule has 76 valence electrons. The molecule has 2 heteroatoms. The maximum atomic E-state index is 5.92. The van der Waals surface area contributed by atoms with Crippen LogP contribution >= 0.6 is 0 Å². The zero-order valence-electron chi connectivity index (χ0n) is 8.96. The molecule has 2 N–H and O–H groups in total. The minimum absolute atomic E-state index is 0.342. The second-order valence-electron chi connectivity index (χ2n) is 4.50. The van der Waals surface area contributed by atoms with Crippen molar-refractivity contribution in [1.82, 2.24) is 4.98 Å². The van der Waals surface area contributed by atoms with E-state index in [0.29, 0.717) is 12.0 Å². The number of fused-ring (bicyclic) bond motifs is 1. The van der Waals surface area contributed by atoms with E-state index in [1.807, 2.05) is 0 Å². The summed E-state index contributed by atoms with van der Waals surface area (Å²) in [5.41, 5.74) is 9.76. The maximum Gasteiger partial charge on any atom is 0.0440 e. The molecule has 1 aromatic heterocycles. The number of hydrogen-bond acceptors (Lipinski definition) is 2. The van der Waals surface area contributed by atoms with Gasteiger partial charge in [0.25, 0.3) is 0 Å². The lowest BCUT2D eigenvalue weighted by atomic mass is 9.91. The van der Waals surface area contributed by atoms with Gasteiger partial charge in [0.15, 0.2) is 0 Å². The standard InChI is InChI=1S/C12H18N2/c1-8(2)11-5-3-9-7-10(13)4-6-12(9)14-11/h3,5,8,10H,4,6-7,13H2,1-2H3. The van der Waals surface area contributed by atoms with Gasteiger partial charge in [0.05, 0.1) is 0 Å². The molecular formula is C12H18N2. The predicted molar refractivity (Wildman–Crippen MR) is 58.3 cm³/mol. The number of rotatable bonds is 1. The van der Waals surface area contributed by atoms with Crippen LogP contribution in [0, 0.1) is 0 Å². The van der Waals surface area contributed by atoms with Gasteiger partial charge < -0.3 is 5.73 Å². The van der Waals surface area contributed by atoms with Gasteiger partial charge in [-0.1, -0.05) is 19.9 Å². The molecule has 1 heterocycles. The maximum absolute atomic E-state index is 5.92. The van der Waals surface area contributed by atoms with Crippen molar-refractivity contribution in [2.24, 2.45) is 5.73 Å². The van der Waals surface area contributed by atoms with Crippen molar-refractivity contribution in [1.29, 1.82) is 0 Å². The Hall–Kier alpha value is -0.890. The molecule has 0 saturated carbocycles. The van der Waals surface area contributed by atoms with Gasteiger partial charge in [0.1, 0.15) is 0 Å². The molecule has 0 aromatic carbocycles. The lowest BCUT2D eigenvalue weighted by molar-refractivity contribution is 0.563. The van der Waals surface area contributed by atoms with E-state index < -0.39 is 0 Å². The molecule has 0 amide bonds. The van der Waals surface area contributed by atoms with E-state index in [0.717, 1.165) is 19.3 Å². The number of nitrogens with zero attached hydrogens (tertiary/aromatic N) is 1. The molecule has 1 aromatic rings. The summed E-state index contributed by atoms with van der Waals surface area (Å²) in [6, 6.07) is 4.69. The summed E-state index contributed by atoms with van der Waals surface area (Å²) >= 11 is 0. The molecule has 0 fully saturated rings. The van der Waals surface area contributed by atoms with Crippen LogP contribution in [0.2, 0.25) is 0 Å². The quantitative estimate of drug-likeness (QED) is 0.736. The Morgan fingerprint density at radius 1 is 1.43 bits per heavy atom. The predicted octanol–water partition coefficient (Wildman–Crippen LogP) is 2.02. The van der Waals surface area contributed by atoms with Crippen molar-refractivity contribution >= 4 is 0 Å². The topological polar surface area (TPSA) is 38.9 Å². The average molecular weight is 190 g/mol. The second kappa shape index (κ2) is 3.70. The SMILES string of the molecule is CC(C)c1ccc2c(n1)CCC(N)C2. The Kier molecular flexibility index (Phi) is 2.55. The first kappa shape index (κ1) is 9.66. The van der Waals surface area contributed by atoms with Crippen LogP contribution in [0.3, 0.4) is 0 Å². The fourth-order valence-electron chi connectivity index (χ4n) is 1.98. The van der Waals surface area contributed by atoms with Crippen LogP contribution in [0.25, 0.3) is 0 Å². The smallest absolute Gasteiger partial charge is 0.0440 e. The highest BCUT2D eigenvalue weighted by Crippen LogP contribution is 2.21. The van der Waals surface area contributed by atoms with Gasteiger partial charge in [-0.05, 0) is 36.8 Å². The van der Waals surface area contributed by atoms with Gasteiger partial charge >= 0.3 is 0 Å². The third kappa shape index (κ3) is 1.80. The number of aryl methyl sites for hydroxylation is 1. The molecule has 14 heavy (non-hydrogen) atoms. The van der Waals surface area contributed by atoms with Gasteiger partial charge in [0.2, 0.25) is 0 Å². The van der Waals surface area contributed by atoms with Gasteiger partial charge in [-0.25, -0.2) is 0 Å². The third-order valence-corrected chi connectivity index (χ3v) is 2.92. The summed E-state index contributed by atoms with van der Waals surface area (Å²) < 4.78 is 0. The lowest BCUT2D eigenvalue weighted by Crippen LogP contribution is -2.28.